The molecule has 2 amide bonds. The van der Waals surface area contributed by atoms with E-state index in [1.165, 1.54) is 9.80 Å². The van der Waals surface area contributed by atoms with E-state index in [0.29, 0.717) is 48.4 Å². The third-order valence-corrected chi connectivity index (χ3v) is 5.57. The van der Waals surface area contributed by atoms with Gasteiger partial charge in [-0.2, -0.15) is 21.0 Å². The minimum Gasteiger partial charge on any atom is -0.308 e. The van der Waals surface area contributed by atoms with Crippen LogP contribution in [0.1, 0.15) is 50.7 Å². The largest absolute Gasteiger partial charge is 0.308 e. The molecule has 2 aliphatic heterocycles. The quantitative estimate of drug-likeness (QED) is 0.506. The van der Waals surface area contributed by atoms with Crippen LogP contribution in [-0.4, -0.2) is 24.9 Å². The van der Waals surface area contributed by atoms with Crippen molar-refractivity contribution in [2.24, 2.45) is 0 Å². The van der Waals surface area contributed by atoms with Crippen molar-refractivity contribution in [3.8, 4) is 24.3 Å². The summed E-state index contributed by atoms with van der Waals surface area (Å²) in [7, 11) is 0. The average molecular weight is 424 g/mol. The van der Waals surface area contributed by atoms with E-state index in [4.69, 9.17) is 0 Å². The monoisotopic (exact) mass is 424 g/mol. The maximum Gasteiger partial charge on any atom is 0.261 e. The number of amides is 2. The van der Waals surface area contributed by atoms with Crippen molar-refractivity contribution >= 4 is 34.3 Å². The molecule has 0 unspecified atom stereocenters. The number of fused-ring (bicyclic) bond motifs is 2. The number of anilines is 2. The Morgan fingerprint density at radius 2 is 1.06 bits per heavy atom. The van der Waals surface area contributed by atoms with Gasteiger partial charge in [0.2, 0.25) is 0 Å². The Kier molecular flexibility index (Phi) is 6.39. The van der Waals surface area contributed by atoms with E-state index in [9.17, 15) is 30.6 Å². The van der Waals surface area contributed by atoms with Gasteiger partial charge in [-0.15, -0.1) is 0 Å². The Morgan fingerprint density at radius 3 is 1.34 bits per heavy atom. The number of benzene rings is 1. The summed E-state index contributed by atoms with van der Waals surface area (Å²) in [5.74, 6) is -0.874. The fourth-order valence-corrected chi connectivity index (χ4v) is 3.98. The number of carbonyl (C=O) groups is 2. The summed E-state index contributed by atoms with van der Waals surface area (Å²) in [6.45, 7) is 4.72. The summed E-state index contributed by atoms with van der Waals surface area (Å²) in [6.07, 6.45) is 3.06. The number of nitriles is 4. The van der Waals surface area contributed by atoms with Crippen molar-refractivity contribution in [3.05, 3.63) is 34.4 Å². The lowest BCUT2D eigenvalue weighted by molar-refractivity contribution is -0.113. The van der Waals surface area contributed by atoms with Crippen LogP contribution in [0, 0.1) is 45.3 Å². The molecule has 1 aromatic carbocycles. The highest BCUT2D eigenvalue weighted by molar-refractivity contribution is 6.38. The standard InChI is InChI=1S/C24H20N6O2/c1-3-5-7-29-19-9-18-20(10-17(19)21(23(29)31)15(11-25)12-26)30(8-6-4-2)24(32)22(18)16(13-27)14-28/h9-10H,3-8H2,1-2H3. The molecule has 0 N–H and O–H groups in total. The van der Waals surface area contributed by atoms with Gasteiger partial charge in [-0.3, -0.25) is 9.59 Å². The molecule has 0 bridgehead atoms. The van der Waals surface area contributed by atoms with E-state index in [2.05, 4.69) is 0 Å². The molecular weight excluding hydrogens is 404 g/mol. The highest BCUT2D eigenvalue weighted by atomic mass is 16.2. The summed E-state index contributed by atoms with van der Waals surface area (Å²) in [5.41, 5.74) is 1.23. The Bertz CT molecular complexity index is 1110. The maximum absolute atomic E-state index is 13.2. The molecule has 0 saturated carbocycles. The average Bonchev–Trinajstić information content (AvgIpc) is 3.22. The Hall–Kier alpha value is -4.40. The Balaban J connectivity index is 2.36. The van der Waals surface area contributed by atoms with Crippen molar-refractivity contribution in [2.45, 2.75) is 39.5 Å². The molecule has 0 saturated heterocycles. The molecule has 3 rings (SSSR count). The zero-order chi connectivity index (χ0) is 23.4. The summed E-state index contributed by atoms with van der Waals surface area (Å²) >= 11 is 0. The highest BCUT2D eigenvalue weighted by Crippen LogP contribution is 2.47. The van der Waals surface area contributed by atoms with Gasteiger partial charge in [0.05, 0.1) is 22.5 Å². The predicted octanol–water partition coefficient (Wildman–Crippen LogP) is 3.58. The summed E-state index contributed by atoms with van der Waals surface area (Å²) in [6, 6.07) is 10.5. The minimum absolute atomic E-state index is 0.0185. The molecule has 8 nitrogen and oxygen atoms in total. The molecule has 0 aliphatic carbocycles. The molecule has 0 spiro atoms. The van der Waals surface area contributed by atoms with E-state index >= 15 is 0 Å². The van der Waals surface area contributed by atoms with Gasteiger partial charge >= 0.3 is 0 Å². The van der Waals surface area contributed by atoms with Gasteiger partial charge in [0.25, 0.3) is 11.8 Å². The van der Waals surface area contributed by atoms with Gasteiger partial charge in [0, 0.05) is 24.2 Å². The first kappa shape index (κ1) is 22.3. The minimum atomic E-state index is -0.437. The topological polar surface area (TPSA) is 136 Å². The molecule has 158 valence electrons. The Labute approximate surface area is 186 Å². The number of allylic oxidation sites excluding steroid dienone is 2. The van der Waals surface area contributed by atoms with Crippen LogP contribution in [0.3, 0.4) is 0 Å². The number of hydrogen-bond acceptors (Lipinski definition) is 6. The van der Waals surface area contributed by atoms with Gasteiger partial charge in [0.1, 0.15) is 35.4 Å². The van der Waals surface area contributed by atoms with Crippen LogP contribution < -0.4 is 9.80 Å². The van der Waals surface area contributed by atoms with E-state index in [0.717, 1.165) is 12.8 Å². The third-order valence-electron chi connectivity index (χ3n) is 5.57. The fourth-order valence-electron chi connectivity index (χ4n) is 3.98. The van der Waals surface area contributed by atoms with Crippen molar-refractivity contribution in [1.29, 1.82) is 21.0 Å². The number of hydrogen-bond donors (Lipinski definition) is 0. The van der Waals surface area contributed by atoms with Crippen LogP contribution >= 0.6 is 0 Å². The molecule has 0 fully saturated rings. The van der Waals surface area contributed by atoms with Crippen LogP contribution in [0.15, 0.2) is 23.3 Å². The smallest absolute Gasteiger partial charge is 0.261 e. The SMILES string of the molecule is CCCCN1C(=O)C(=C(C#N)C#N)c2cc3c(cc21)C(=C(C#N)C#N)C(=O)N3CCCC. The second-order valence-corrected chi connectivity index (χ2v) is 7.45. The molecule has 2 aliphatic rings. The first-order valence-electron chi connectivity index (χ1n) is 10.4. The summed E-state index contributed by atoms with van der Waals surface area (Å²) in [5, 5.41) is 37.7. The molecule has 0 radical (unpaired) electrons. The molecular formula is C24H20N6O2. The van der Waals surface area contributed by atoms with Crippen LogP contribution in [0.25, 0.3) is 11.1 Å². The molecule has 32 heavy (non-hydrogen) atoms. The first-order chi connectivity index (χ1) is 15.5. The van der Waals surface area contributed by atoms with E-state index < -0.39 is 11.8 Å². The van der Waals surface area contributed by atoms with E-state index in [1.54, 1.807) is 36.4 Å². The number of rotatable bonds is 6. The van der Waals surface area contributed by atoms with Crippen LogP contribution in [0.2, 0.25) is 0 Å². The predicted molar refractivity (Wildman–Crippen MR) is 117 cm³/mol. The van der Waals surface area contributed by atoms with Gasteiger partial charge in [-0.1, -0.05) is 26.7 Å². The second kappa shape index (κ2) is 9.17. The van der Waals surface area contributed by atoms with Crippen LogP contribution in [-0.2, 0) is 9.59 Å². The zero-order valence-electron chi connectivity index (χ0n) is 17.9. The van der Waals surface area contributed by atoms with Crippen LogP contribution in [0.5, 0.6) is 0 Å². The first-order valence-corrected chi connectivity index (χ1v) is 10.4. The molecule has 1 aromatic rings. The van der Waals surface area contributed by atoms with Crippen molar-refractivity contribution in [3.63, 3.8) is 0 Å². The Morgan fingerprint density at radius 1 is 0.719 bits per heavy atom. The van der Waals surface area contributed by atoms with Gasteiger partial charge < -0.3 is 9.80 Å². The number of nitrogens with zero attached hydrogens (tertiary/aromatic N) is 6. The summed E-state index contributed by atoms with van der Waals surface area (Å²) < 4.78 is 0. The molecule has 8 heteroatoms. The van der Waals surface area contributed by atoms with Crippen LogP contribution in [0.4, 0.5) is 11.4 Å². The van der Waals surface area contributed by atoms with Crippen molar-refractivity contribution in [1.82, 2.24) is 0 Å². The van der Waals surface area contributed by atoms with Gasteiger partial charge in [-0.05, 0) is 25.0 Å². The third kappa shape index (κ3) is 3.39. The lowest BCUT2D eigenvalue weighted by atomic mass is 9.96. The van der Waals surface area contributed by atoms with Gasteiger partial charge in [0.15, 0.2) is 0 Å². The maximum atomic E-state index is 13.2. The number of unbranched alkanes of at least 4 members (excludes halogenated alkanes) is 2. The van der Waals surface area contributed by atoms with E-state index in [1.807, 2.05) is 13.8 Å². The molecule has 0 atom stereocenters. The molecule has 0 aromatic heterocycles. The van der Waals surface area contributed by atoms with Crippen molar-refractivity contribution in [2.75, 3.05) is 22.9 Å². The fraction of sp³-hybridized carbons (Fsp3) is 0.333. The zero-order valence-corrected chi connectivity index (χ0v) is 17.9. The van der Waals surface area contributed by atoms with Gasteiger partial charge in [-0.25, -0.2) is 0 Å². The van der Waals surface area contributed by atoms with E-state index in [-0.39, 0.29) is 22.3 Å². The molecule has 2 heterocycles. The van der Waals surface area contributed by atoms with Crippen molar-refractivity contribution < 1.29 is 9.59 Å². The lowest BCUT2D eigenvalue weighted by Gasteiger charge is -2.19. The summed E-state index contributed by atoms with van der Waals surface area (Å²) in [4.78, 5) is 29.3. The highest BCUT2D eigenvalue weighted by Gasteiger charge is 2.41. The normalized spacial score (nSPS) is 13.8. The second-order valence-electron chi connectivity index (χ2n) is 7.45. The number of carbonyl (C=O) groups excluding carboxylic acids is 2. The lowest BCUT2D eigenvalue weighted by Crippen LogP contribution is -2.27.